The van der Waals surface area contributed by atoms with Crippen molar-refractivity contribution in [1.82, 2.24) is 5.32 Å². The summed E-state index contributed by atoms with van der Waals surface area (Å²) in [6.07, 6.45) is 1.50. The minimum absolute atomic E-state index is 0.0262. The van der Waals surface area contributed by atoms with Gasteiger partial charge in [0.25, 0.3) is 0 Å². The molecular weight excluding hydrogens is 210 g/mol. The van der Waals surface area contributed by atoms with Crippen LogP contribution in [0.3, 0.4) is 0 Å². The monoisotopic (exact) mass is 221 g/mol. The fraction of sp³-hybridized carbons (Fsp3) is 0.286. The molecule has 80 valence electrons. The van der Waals surface area contributed by atoms with E-state index in [-0.39, 0.29) is 12.3 Å². The normalized spacial score (nSPS) is 14.9. The third kappa shape index (κ3) is 8.75. The Bertz CT molecular complexity index is 343. The van der Waals surface area contributed by atoms with Gasteiger partial charge in [-0.1, -0.05) is 0 Å². The van der Waals surface area contributed by atoms with Gasteiger partial charge < -0.3 is 15.0 Å². The van der Waals surface area contributed by atoms with Gasteiger partial charge in [0.15, 0.2) is 0 Å². The van der Waals surface area contributed by atoms with Gasteiger partial charge in [-0.05, 0) is 5.87 Å². The van der Waals surface area contributed by atoms with E-state index in [4.69, 9.17) is 9.66 Å². The minimum Gasteiger partial charge on any atom is -0.478 e. The summed E-state index contributed by atoms with van der Waals surface area (Å²) in [6.45, 7) is -0.0262. The molecule has 14 heavy (non-hydrogen) atoms. The number of hydrogen-bond acceptors (Lipinski definition) is 3. The second-order valence-corrected chi connectivity index (χ2v) is 4.39. The molecule has 0 aromatic rings. The molecule has 0 saturated heterocycles. The van der Waals surface area contributed by atoms with Crippen molar-refractivity contribution in [1.29, 1.82) is 0 Å². The van der Waals surface area contributed by atoms with Crippen LogP contribution in [-0.2, 0) is 19.4 Å². The molecule has 6 nitrogen and oxygen atoms in total. The predicted molar refractivity (Wildman–Crippen MR) is 52.5 cm³/mol. The van der Waals surface area contributed by atoms with Crippen molar-refractivity contribution >= 4 is 27.5 Å². The third-order valence-corrected chi connectivity index (χ3v) is 1.94. The molecular formula is C7H11NO5S. The predicted octanol–water partition coefficient (Wildman–Crippen LogP) is -1.07. The Balaban J connectivity index is 3.82. The Morgan fingerprint density at radius 3 is 2.43 bits per heavy atom. The lowest BCUT2D eigenvalue weighted by molar-refractivity contribution is -0.131. The van der Waals surface area contributed by atoms with E-state index in [2.05, 4.69) is 11.2 Å². The summed E-state index contributed by atoms with van der Waals surface area (Å²) in [5.41, 5.74) is 0. The van der Waals surface area contributed by atoms with Crippen molar-refractivity contribution in [3.05, 3.63) is 12.2 Å². The molecule has 0 heterocycles. The van der Waals surface area contributed by atoms with Crippen molar-refractivity contribution in [2.24, 2.45) is 0 Å². The summed E-state index contributed by atoms with van der Waals surface area (Å²) in [5, 5.41) is 10.4. The standard InChI is InChI=1S/C7H11NO5S/c1-14(12,13)5-4-8-6(9)2-3-7(10)11/h2-3H,1,4-5H2,(H,8,9)(H,10,11)(H,12,13)/b3-2-. The first-order chi connectivity index (χ1) is 6.31. The van der Waals surface area contributed by atoms with Crippen LogP contribution >= 0.6 is 0 Å². The second-order valence-electron chi connectivity index (χ2n) is 2.44. The zero-order chi connectivity index (χ0) is 11.2. The Morgan fingerprint density at radius 2 is 2.00 bits per heavy atom. The topological polar surface area (TPSA) is 104 Å². The Morgan fingerprint density at radius 1 is 1.43 bits per heavy atom. The van der Waals surface area contributed by atoms with Gasteiger partial charge in [-0.15, -0.1) is 0 Å². The molecule has 0 saturated carbocycles. The smallest absolute Gasteiger partial charge is 0.328 e. The lowest BCUT2D eigenvalue weighted by Gasteiger charge is -2.01. The third-order valence-electron chi connectivity index (χ3n) is 1.10. The van der Waals surface area contributed by atoms with Crippen molar-refractivity contribution in [3.8, 4) is 0 Å². The number of hydrogen-bond donors (Lipinski definition) is 3. The van der Waals surface area contributed by atoms with Gasteiger partial charge in [0.1, 0.15) is 0 Å². The van der Waals surface area contributed by atoms with Gasteiger partial charge in [0.05, 0.1) is 15.6 Å². The highest BCUT2D eigenvalue weighted by Gasteiger charge is 1.99. The number of aliphatic carboxylic acids is 1. The fourth-order valence-corrected chi connectivity index (χ4v) is 0.961. The molecule has 1 amide bonds. The van der Waals surface area contributed by atoms with E-state index in [1.807, 2.05) is 0 Å². The van der Waals surface area contributed by atoms with Crippen molar-refractivity contribution in [3.63, 3.8) is 0 Å². The largest absolute Gasteiger partial charge is 0.478 e. The van der Waals surface area contributed by atoms with Crippen LogP contribution in [-0.4, -0.2) is 43.9 Å². The van der Waals surface area contributed by atoms with Crippen LogP contribution in [0.1, 0.15) is 0 Å². The molecule has 1 unspecified atom stereocenters. The molecule has 7 heteroatoms. The zero-order valence-electron chi connectivity index (χ0n) is 7.30. The average Bonchev–Trinajstić information content (AvgIpc) is 1.98. The van der Waals surface area contributed by atoms with Gasteiger partial charge >= 0.3 is 5.97 Å². The highest BCUT2D eigenvalue weighted by Crippen LogP contribution is 1.80. The summed E-state index contributed by atoms with van der Waals surface area (Å²) in [5.74, 6) is 0.933. The molecule has 3 N–H and O–H groups in total. The SMILES string of the molecule is C=S(=O)(O)CCNC(=O)/C=C\C(=O)O. The van der Waals surface area contributed by atoms with Crippen LogP contribution in [0, 0.1) is 0 Å². The summed E-state index contributed by atoms with van der Waals surface area (Å²) >= 11 is 0. The molecule has 0 aromatic carbocycles. The number of rotatable bonds is 5. The number of carboxylic acids is 1. The fourth-order valence-electron chi connectivity index (χ4n) is 0.540. The van der Waals surface area contributed by atoms with E-state index in [1.54, 1.807) is 0 Å². The molecule has 0 aromatic heterocycles. The van der Waals surface area contributed by atoms with Crippen LogP contribution in [0.15, 0.2) is 12.2 Å². The first kappa shape index (κ1) is 12.7. The van der Waals surface area contributed by atoms with E-state index in [0.29, 0.717) is 6.08 Å². The van der Waals surface area contributed by atoms with Gasteiger partial charge in [-0.2, -0.15) is 0 Å². The molecule has 0 aliphatic carbocycles. The first-order valence-corrected chi connectivity index (χ1v) is 5.43. The van der Waals surface area contributed by atoms with Crippen molar-refractivity contribution < 1.29 is 23.5 Å². The van der Waals surface area contributed by atoms with Crippen molar-refractivity contribution in [2.45, 2.75) is 0 Å². The number of carbonyl (C=O) groups excluding carboxylic acids is 1. The van der Waals surface area contributed by atoms with Crippen LogP contribution in [0.4, 0.5) is 0 Å². The van der Waals surface area contributed by atoms with E-state index in [9.17, 15) is 13.8 Å². The molecule has 0 spiro atoms. The van der Waals surface area contributed by atoms with E-state index < -0.39 is 21.7 Å². The van der Waals surface area contributed by atoms with Crippen LogP contribution in [0.5, 0.6) is 0 Å². The summed E-state index contributed by atoms with van der Waals surface area (Å²) < 4.78 is 19.3. The maximum absolute atomic E-state index is 10.8. The Kier molecular flexibility index (Phi) is 4.89. The molecule has 0 aliphatic heterocycles. The highest BCUT2D eigenvalue weighted by atomic mass is 32.2. The van der Waals surface area contributed by atoms with Crippen LogP contribution in [0.2, 0.25) is 0 Å². The second kappa shape index (κ2) is 5.40. The van der Waals surface area contributed by atoms with E-state index in [0.717, 1.165) is 6.08 Å². The first-order valence-electron chi connectivity index (χ1n) is 3.57. The summed E-state index contributed by atoms with van der Waals surface area (Å²) in [7, 11) is -3.11. The highest BCUT2D eigenvalue weighted by molar-refractivity contribution is 7.95. The van der Waals surface area contributed by atoms with Gasteiger partial charge in [-0.3, -0.25) is 4.79 Å². The van der Waals surface area contributed by atoms with Crippen molar-refractivity contribution in [2.75, 3.05) is 12.3 Å². The van der Waals surface area contributed by atoms with Crippen LogP contribution in [0.25, 0.3) is 0 Å². The zero-order valence-corrected chi connectivity index (χ0v) is 8.12. The summed E-state index contributed by atoms with van der Waals surface area (Å²) in [6, 6.07) is 0. The Labute approximate surface area is 81.5 Å². The number of carbonyl (C=O) groups is 2. The quantitative estimate of drug-likeness (QED) is 0.405. The summed E-state index contributed by atoms with van der Waals surface area (Å²) in [4.78, 5) is 20.8. The van der Waals surface area contributed by atoms with E-state index >= 15 is 0 Å². The van der Waals surface area contributed by atoms with E-state index in [1.165, 1.54) is 0 Å². The lowest BCUT2D eigenvalue weighted by Crippen LogP contribution is -2.27. The number of nitrogens with one attached hydrogen (secondary N) is 1. The number of carboxylic acid groups (broad SMARTS) is 1. The van der Waals surface area contributed by atoms with Crippen LogP contribution < -0.4 is 5.32 Å². The molecule has 0 bridgehead atoms. The molecule has 0 fully saturated rings. The molecule has 1 atom stereocenters. The van der Waals surface area contributed by atoms with Gasteiger partial charge in [0, 0.05) is 18.7 Å². The maximum atomic E-state index is 10.8. The lowest BCUT2D eigenvalue weighted by atomic mass is 10.4. The molecule has 0 radical (unpaired) electrons. The number of amides is 1. The Hall–Kier alpha value is -1.34. The molecule has 0 rings (SSSR count). The maximum Gasteiger partial charge on any atom is 0.328 e. The van der Waals surface area contributed by atoms with Gasteiger partial charge in [0.2, 0.25) is 5.91 Å². The average molecular weight is 221 g/mol. The minimum atomic E-state index is -3.11. The van der Waals surface area contributed by atoms with Gasteiger partial charge in [-0.25, -0.2) is 9.00 Å². The molecule has 0 aliphatic rings.